The van der Waals surface area contributed by atoms with E-state index in [2.05, 4.69) is 5.32 Å². The minimum atomic E-state index is -0.640. The number of nitrogens with zero attached hydrogens (tertiary/aromatic N) is 2. The Morgan fingerprint density at radius 2 is 1.96 bits per heavy atom. The third-order valence-electron chi connectivity index (χ3n) is 4.09. The topological polar surface area (TPSA) is 77.2 Å². The first-order chi connectivity index (χ1) is 11.9. The Bertz CT molecular complexity index is 1040. The number of para-hydroxylation sites is 1. The second kappa shape index (κ2) is 6.57. The lowest BCUT2D eigenvalue weighted by Crippen LogP contribution is -2.23. The molecule has 7 heteroatoms. The fourth-order valence-electron chi connectivity index (χ4n) is 2.82. The van der Waals surface area contributed by atoms with E-state index in [4.69, 9.17) is 11.6 Å². The fraction of sp³-hybridized carbons (Fsp3) is 0.167. The van der Waals surface area contributed by atoms with Crippen LogP contribution in [0.5, 0.6) is 0 Å². The summed E-state index contributed by atoms with van der Waals surface area (Å²) in [6.07, 6.45) is 0. The van der Waals surface area contributed by atoms with Crippen LogP contribution < -0.4 is 10.9 Å². The third kappa shape index (κ3) is 2.96. The molecule has 1 heterocycles. The molecule has 0 aliphatic rings. The van der Waals surface area contributed by atoms with Crippen LogP contribution in [-0.2, 0) is 6.54 Å². The van der Waals surface area contributed by atoms with Gasteiger partial charge in [-0.05, 0) is 37.6 Å². The molecule has 0 aliphatic heterocycles. The second-order valence-electron chi connectivity index (χ2n) is 5.64. The molecule has 0 radical (unpaired) electrons. The molecule has 0 saturated carbocycles. The number of hydrogen-bond donors (Lipinski definition) is 1. The zero-order chi connectivity index (χ0) is 18.1. The van der Waals surface area contributed by atoms with Crippen molar-refractivity contribution in [3.8, 4) is 0 Å². The van der Waals surface area contributed by atoms with Crippen LogP contribution in [0.3, 0.4) is 0 Å². The highest BCUT2D eigenvalue weighted by Gasteiger charge is 2.25. The van der Waals surface area contributed by atoms with Gasteiger partial charge in [0.25, 0.3) is 0 Å². The zero-order valence-electron chi connectivity index (χ0n) is 13.7. The summed E-state index contributed by atoms with van der Waals surface area (Å²) >= 11 is 6.14. The van der Waals surface area contributed by atoms with Crippen LogP contribution >= 0.6 is 11.6 Å². The van der Waals surface area contributed by atoms with Crippen molar-refractivity contribution >= 4 is 39.6 Å². The average Bonchev–Trinajstić information content (AvgIpc) is 2.58. The van der Waals surface area contributed by atoms with Crippen LogP contribution in [0.4, 0.5) is 17.1 Å². The normalized spacial score (nSPS) is 10.8. The summed E-state index contributed by atoms with van der Waals surface area (Å²) in [5.41, 5.74) is 1.19. The number of pyridine rings is 1. The highest BCUT2D eigenvalue weighted by atomic mass is 35.5. The fourth-order valence-corrected chi connectivity index (χ4v) is 3.00. The standard InChI is InChI=1S/C18H16ClN3O3/c1-3-21-15-7-5-4-6-13(15)16(17(18(21)23)22(24)25)20-12-9-8-11(2)14(19)10-12/h4-10,20H,3H2,1-2H3. The molecule has 1 N–H and O–H groups in total. The molecule has 0 bridgehead atoms. The summed E-state index contributed by atoms with van der Waals surface area (Å²) in [6, 6.07) is 12.4. The van der Waals surface area contributed by atoms with Crippen LogP contribution in [0.2, 0.25) is 5.02 Å². The first kappa shape index (κ1) is 17.0. The molecule has 2 aromatic carbocycles. The molecule has 0 saturated heterocycles. The van der Waals surface area contributed by atoms with Crippen LogP contribution in [0.1, 0.15) is 12.5 Å². The summed E-state index contributed by atoms with van der Waals surface area (Å²) in [6.45, 7) is 3.99. The van der Waals surface area contributed by atoms with Crippen molar-refractivity contribution in [2.24, 2.45) is 0 Å². The average molecular weight is 358 g/mol. The van der Waals surface area contributed by atoms with Gasteiger partial charge in [0, 0.05) is 22.6 Å². The van der Waals surface area contributed by atoms with E-state index in [-0.39, 0.29) is 5.69 Å². The van der Waals surface area contributed by atoms with E-state index in [1.165, 1.54) is 4.57 Å². The highest BCUT2D eigenvalue weighted by Crippen LogP contribution is 2.33. The van der Waals surface area contributed by atoms with Crippen molar-refractivity contribution in [2.75, 3.05) is 5.32 Å². The minimum Gasteiger partial charge on any atom is -0.349 e. The van der Waals surface area contributed by atoms with Gasteiger partial charge in [-0.2, -0.15) is 0 Å². The van der Waals surface area contributed by atoms with E-state index in [0.29, 0.717) is 28.2 Å². The van der Waals surface area contributed by atoms with Gasteiger partial charge in [-0.25, -0.2) is 0 Å². The number of rotatable bonds is 4. The first-order valence-electron chi connectivity index (χ1n) is 7.77. The Morgan fingerprint density at radius 3 is 2.60 bits per heavy atom. The molecule has 6 nitrogen and oxygen atoms in total. The lowest BCUT2D eigenvalue weighted by Gasteiger charge is -2.14. The zero-order valence-corrected chi connectivity index (χ0v) is 14.5. The molecule has 0 amide bonds. The Morgan fingerprint density at radius 1 is 1.24 bits per heavy atom. The van der Waals surface area contributed by atoms with E-state index < -0.39 is 16.2 Å². The summed E-state index contributed by atoms with van der Waals surface area (Å²) in [4.78, 5) is 23.6. The Kier molecular flexibility index (Phi) is 4.46. The molecule has 0 aliphatic carbocycles. The van der Waals surface area contributed by atoms with Crippen molar-refractivity contribution < 1.29 is 4.92 Å². The molecule has 0 atom stereocenters. The number of halogens is 1. The molecule has 128 valence electrons. The van der Waals surface area contributed by atoms with Gasteiger partial charge in [-0.1, -0.05) is 35.9 Å². The van der Waals surface area contributed by atoms with Crippen molar-refractivity contribution in [1.29, 1.82) is 0 Å². The van der Waals surface area contributed by atoms with E-state index >= 15 is 0 Å². The van der Waals surface area contributed by atoms with Gasteiger partial charge in [0.15, 0.2) is 0 Å². The maximum atomic E-state index is 12.6. The van der Waals surface area contributed by atoms with Crippen LogP contribution in [0.25, 0.3) is 10.9 Å². The first-order valence-corrected chi connectivity index (χ1v) is 8.15. The number of anilines is 2. The monoisotopic (exact) mass is 357 g/mol. The van der Waals surface area contributed by atoms with Gasteiger partial charge >= 0.3 is 11.2 Å². The van der Waals surface area contributed by atoms with Crippen molar-refractivity contribution in [3.05, 3.63) is 73.5 Å². The maximum absolute atomic E-state index is 12.6. The SMILES string of the molecule is CCn1c(=O)c([N+](=O)[O-])c(Nc2ccc(C)c(Cl)c2)c2ccccc21. The molecular formula is C18H16ClN3O3. The van der Waals surface area contributed by atoms with Gasteiger partial charge < -0.3 is 9.88 Å². The molecule has 25 heavy (non-hydrogen) atoms. The number of aromatic nitrogens is 1. The van der Waals surface area contributed by atoms with Gasteiger partial charge in [-0.15, -0.1) is 0 Å². The van der Waals surface area contributed by atoms with E-state index in [0.717, 1.165) is 5.56 Å². The Balaban J connectivity index is 2.32. The molecular weight excluding hydrogens is 342 g/mol. The molecule has 1 aromatic heterocycles. The maximum Gasteiger partial charge on any atom is 0.357 e. The van der Waals surface area contributed by atoms with Gasteiger partial charge in [0.2, 0.25) is 0 Å². The van der Waals surface area contributed by atoms with Crippen LogP contribution in [0, 0.1) is 17.0 Å². The number of hydrogen-bond acceptors (Lipinski definition) is 4. The summed E-state index contributed by atoms with van der Waals surface area (Å²) < 4.78 is 1.40. The van der Waals surface area contributed by atoms with Crippen LogP contribution in [-0.4, -0.2) is 9.49 Å². The lowest BCUT2D eigenvalue weighted by atomic mass is 10.1. The van der Waals surface area contributed by atoms with E-state index in [1.54, 1.807) is 43.3 Å². The van der Waals surface area contributed by atoms with E-state index in [9.17, 15) is 14.9 Å². The predicted octanol–water partition coefficient (Wildman–Crippen LogP) is 4.64. The summed E-state index contributed by atoms with van der Waals surface area (Å²) in [7, 11) is 0. The molecule has 0 unspecified atom stereocenters. The smallest absolute Gasteiger partial charge is 0.349 e. The summed E-state index contributed by atoms with van der Waals surface area (Å²) in [5.74, 6) is 0. The number of benzene rings is 2. The number of nitrogens with one attached hydrogen (secondary N) is 1. The van der Waals surface area contributed by atoms with Gasteiger partial charge in [0.1, 0.15) is 5.69 Å². The van der Waals surface area contributed by atoms with Crippen molar-refractivity contribution in [2.45, 2.75) is 20.4 Å². The molecule has 0 fully saturated rings. The Hall–Kier alpha value is -2.86. The van der Waals surface area contributed by atoms with E-state index in [1.807, 2.05) is 13.0 Å². The molecule has 0 spiro atoms. The van der Waals surface area contributed by atoms with Crippen molar-refractivity contribution in [1.82, 2.24) is 4.57 Å². The highest BCUT2D eigenvalue weighted by molar-refractivity contribution is 6.31. The summed E-state index contributed by atoms with van der Waals surface area (Å²) in [5, 5.41) is 15.8. The molecule has 3 rings (SSSR count). The number of aryl methyl sites for hydroxylation is 2. The van der Waals surface area contributed by atoms with Gasteiger partial charge in [-0.3, -0.25) is 14.9 Å². The minimum absolute atomic E-state index is 0.176. The Labute approximate surface area is 148 Å². The molecule has 3 aromatic rings. The van der Waals surface area contributed by atoms with Crippen molar-refractivity contribution in [3.63, 3.8) is 0 Å². The number of fused-ring (bicyclic) bond motifs is 1. The predicted molar refractivity (Wildman–Crippen MR) is 100 cm³/mol. The quantitative estimate of drug-likeness (QED) is 0.545. The van der Waals surface area contributed by atoms with Gasteiger partial charge in [0.05, 0.1) is 10.4 Å². The largest absolute Gasteiger partial charge is 0.357 e. The third-order valence-corrected chi connectivity index (χ3v) is 4.50. The second-order valence-corrected chi connectivity index (χ2v) is 6.04. The lowest BCUT2D eigenvalue weighted by molar-refractivity contribution is -0.385. The van der Waals surface area contributed by atoms with Crippen LogP contribution in [0.15, 0.2) is 47.3 Å². The number of nitro groups is 1.